The second-order valence-electron chi connectivity index (χ2n) is 6.77. The Bertz CT molecular complexity index is 628. The lowest BCUT2D eigenvalue weighted by Gasteiger charge is -2.37. The van der Waals surface area contributed by atoms with Crippen LogP contribution in [0.15, 0.2) is 29.3 Å². The van der Waals surface area contributed by atoms with Crippen molar-refractivity contribution in [1.82, 2.24) is 10.2 Å². The Labute approximate surface area is 157 Å². The highest BCUT2D eigenvalue weighted by Crippen LogP contribution is 2.29. The van der Waals surface area contributed by atoms with E-state index in [1.807, 2.05) is 6.92 Å². The first-order valence-electron chi connectivity index (χ1n) is 9.40. The van der Waals surface area contributed by atoms with Crippen LogP contribution in [0.4, 0.5) is 13.2 Å². The second kappa shape index (κ2) is 8.93. The lowest BCUT2D eigenvalue weighted by molar-refractivity contribution is -0.137. The molecule has 8 heteroatoms. The van der Waals surface area contributed by atoms with Gasteiger partial charge < -0.3 is 19.7 Å². The maximum atomic E-state index is 12.7. The summed E-state index contributed by atoms with van der Waals surface area (Å²) >= 11 is 0. The number of halogens is 3. The number of nitrogens with one attached hydrogen (secondary N) is 1. The molecule has 2 aliphatic rings. The fraction of sp³-hybridized carbons (Fsp3) is 0.632. The summed E-state index contributed by atoms with van der Waals surface area (Å²) in [6.45, 7) is 5.84. The second-order valence-corrected chi connectivity index (χ2v) is 6.77. The molecule has 1 N–H and O–H groups in total. The third kappa shape index (κ3) is 5.35. The molecule has 2 aliphatic heterocycles. The van der Waals surface area contributed by atoms with E-state index in [4.69, 9.17) is 9.47 Å². The highest BCUT2D eigenvalue weighted by Gasteiger charge is 2.32. The minimum Gasteiger partial charge on any atom is -0.375 e. The lowest BCUT2D eigenvalue weighted by atomic mass is 10.1. The van der Waals surface area contributed by atoms with Crippen molar-refractivity contribution >= 4 is 5.96 Å². The molecule has 5 nitrogen and oxygen atoms in total. The number of alkyl halides is 3. The summed E-state index contributed by atoms with van der Waals surface area (Å²) in [6, 6.07) is 5.15. The van der Waals surface area contributed by atoms with Crippen LogP contribution in [0.1, 0.15) is 30.9 Å². The average Bonchev–Trinajstić information content (AvgIpc) is 3.20. The summed E-state index contributed by atoms with van der Waals surface area (Å²) in [6.07, 6.45) is -2.09. The molecule has 2 saturated heterocycles. The van der Waals surface area contributed by atoms with Crippen LogP contribution in [-0.2, 0) is 22.2 Å². The molecular weight excluding hydrogens is 359 g/mol. The number of rotatable bonds is 4. The van der Waals surface area contributed by atoms with Crippen molar-refractivity contribution < 1.29 is 22.6 Å². The summed E-state index contributed by atoms with van der Waals surface area (Å²) < 4.78 is 49.6. The van der Waals surface area contributed by atoms with Crippen LogP contribution < -0.4 is 5.32 Å². The lowest BCUT2D eigenvalue weighted by Crippen LogP contribution is -2.53. The van der Waals surface area contributed by atoms with Crippen molar-refractivity contribution in [3.63, 3.8) is 0 Å². The van der Waals surface area contributed by atoms with Gasteiger partial charge in [-0.1, -0.05) is 12.1 Å². The van der Waals surface area contributed by atoms with Crippen molar-refractivity contribution in [2.24, 2.45) is 4.99 Å². The average molecular weight is 385 g/mol. The van der Waals surface area contributed by atoms with Crippen molar-refractivity contribution in [2.45, 2.75) is 44.7 Å². The molecule has 0 radical (unpaired) electrons. The van der Waals surface area contributed by atoms with E-state index in [9.17, 15) is 13.2 Å². The van der Waals surface area contributed by atoms with Crippen LogP contribution in [0.25, 0.3) is 0 Å². The summed E-state index contributed by atoms with van der Waals surface area (Å²) in [4.78, 5) is 6.76. The van der Waals surface area contributed by atoms with Gasteiger partial charge in [0.05, 0.1) is 24.8 Å². The first kappa shape index (κ1) is 19.9. The fourth-order valence-corrected chi connectivity index (χ4v) is 3.38. The molecule has 0 saturated carbocycles. The van der Waals surface area contributed by atoms with Crippen LogP contribution in [-0.4, -0.2) is 55.9 Å². The van der Waals surface area contributed by atoms with E-state index in [2.05, 4.69) is 15.2 Å². The zero-order valence-electron chi connectivity index (χ0n) is 15.5. The Balaban J connectivity index is 1.65. The standard InChI is InChI=1S/C19H26F3N3O2/c1-2-23-18(24-12-14-5-7-15(8-6-14)19(20,21)22)25-9-11-27-17(13-25)16-4-3-10-26-16/h5-8,16-17H,2-4,9-13H2,1H3,(H,23,24). The Hall–Kier alpha value is -1.80. The van der Waals surface area contributed by atoms with E-state index in [0.717, 1.165) is 49.6 Å². The molecule has 0 amide bonds. The molecule has 2 fully saturated rings. The van der Waals surface area contributed by atoms with Crippen LogP contribution in [0, 0.1) is 0 Å². The van der Waals surface area contributed by atoms with Gasteiger partial charge in [-0.25, -0.2) is 4.99 Å². The van der Waals surface area contributed by atoms with Crippen LogP contribution in [0.5, 0.6) is 0 Å². The molecule has 1 aromatic carbocycles. The predicted octanol–water partition coefficient (Wildman–Crippen LogP) is 3.05. The van der Waals surface area contributed by atoms with Gasteiger partial charge in [0.25, 0.3) is 0 Å². The highest BCUT2D eigenvalue weighted by molar-refractivity contribution is 5.80. The van der Waals surface area contributed by atoms with E-state index in [1.54, 1.807) is 0 Å². The van der Waals surface area contributed by atoms with Crippen molar-refractivity contribution in [3.05, 3.63) is 35.4 Å². The van der Waals surface area contributed by atoms with Crippen LogP contribution in [0.3, 0.4) is 0 Å². The zero-order valence-corrected chi connectivity index (χ0v) is 15.5. The molecule has 0 spiro atoms. The fourth-order valence-electron chi connectivity index (χ4n) is 3.38. The quantitative estimate of drug-likeness (QED) is 0.639. The largest absolute Gasteiger partial charge is 0.416 e. The van der Waals surface area contributed by atoms with Crippen LogP contribution >= 0.6 is 0 Å². The Morgan fingerprint density at radius 3 is 2.56 bits per heavy atom. The van der Waals surface area contributed by atoms with Gasteiger partial charge >= 0.3 is 6.18 Å². The van der Waals surface area contributed by atoms with Gasteiger partial charge in [0.15, 0.2) is 5.96 Å². The Kier molecular flexibility index (Phi) is 6.59. The third-order valence-corrected chi connectivity index (χ3v) is 4.80. The topological polar surface area (TPSA) is 46.1 Å². The van der Waals surface area contributed by atoms with Gasteiger partial charge in [-0.3, -0.25) is 0 Å². The molecule has 0 aromatic heterocycles. The number of benzene rings is 1. The monoisotopic (exact) mass is 385 g/mol. The third-order valence-electron chi connectivity index (χ3n) is 4.80. The van der Waals surface area contributed by atoms with E-state index in [1.165, 1.54) is 12.1 Å². The van der Waals surface area contributed by atoms with Gasteiger partial charge in [-0.05, 0) is 37.5 Å². The minimum atomic E-state index is -4.32. The maximum absolute atomic E-state index is 12.7. The Morgan fingerprint density at radius 1 is 1.19 bits per heavy atom. The van der Waals surface area contributed by atoms with Crippen molar-refractivity contribution in [3.8, 4) is 0 Å². The molecule has 150 valence electrons. The van der Waals surface area contributed by atoms with Gasteiger partial charge in [0, 0.05) is 26.2 Å². The SMILES string of the molecule is CCNC(=NCc1ccc(C(F)(F)F)cc1)N1CCOC(C2CCCO2)C1. The van der Waals surface area contributed by atoms with Gasteiger partial charge in [0.1, 0.15) is 6.10 Å². The first-order valence-corrected chi connectivity index (χ1v) is 9.40. The molecule has 3 rings (SSSR count). The summed E-state index contributed by atoms with van der Waals surface area (Å²) in [7, 11) is 0. The predicted molar refractivity (Wildman–Crippen MR) is 96.5 cm³/mol. The van der Waals surface area contributed by atoms with Gasteiger partial charge in [-0.15, -0.1) is 0 Å². The van der Waals surface area contributed by atoms with Gasteiger partial charge in [-0.2, -0.15) is 13.2 Å². The summed E-state index contributed by atoms with van der Waals surface area (Å²) in [5.41, 5.74) is 0.0945. The van der Waals surface area contributed by atoms with E-state index < -0.39 is 11.7 Å². The molecule has 27 heavy (non-hydrogen) atoms. The Morgan fingerprint density at radius 2 is 1.93 bits per heavy atom. The molecule has 2 atom stereocenters. The number of hydrogen-bond acceptors (Lipinski definition) is 3. The number of hydrogen-bond donors (Lipinski definition) is 1. The van der Waals surface area contributed by atoms with Gasteiger partial charge in [0.2, 0.25) is 0 Å². The maximum Gasteiger partial charge on any atom is 0.416 e. The zero-order chi connectivity index (χ0) is 19.3. The van der Waals surface area contributed by atoms with Crippen LogP contribution in [0.2, 0.25) is 0 Å². The normalized spacial score (nSPS) is 24.3. The minimum absolute atomic E-state index is 0.0242. The number of aliphatic imine (C=N–C) groups is 1. The first-order chi connectivity index (χ1) is 13.0. The number of ether oxygens (including phenoxy) is 2. The van der Waals surface area contributed by atoms with E-state index >= 15 is 0 Å². The molecule has 2 unspecified atom stereocenters. The summed E-state index contributed by atoms with van der Waals surface area (Å²) in [5.74, 6) is 0.753. The molecule has 0 aliphatic carbocycles. The summed E-state index contributed by atoms with van der Waals surface area (Å²) in [5, 5.41) is 3.27. The van der Waals surface area contributed by atoms with Crippen molar-refractivity contribution in [2.75, 3.05) is 32.8 Å². The number of guanidine groups is 1. The van der Waals surface area contributed by atoms with E-state index in [-0.39, 0.29) is 12.2 Å². The van der Waals surface area contributed by atoms with Crippen molar-refractivity contribution in [1.29, 1.82) is 0 Å². The molecular formula is C19H26F3N3O2. The number of nitrogens with zero attached hydrogens (tertiary/aromatic N) is 2. The molecule has 2 heterocycles. The molecule has 0 bridgehead atoms. The highest BCUT2D eigenvalue weighted by atomic mass is 19.4. The van der Waals surface area contributed by atoms with E-state index in [0.29, 0.717) is 26.2 Å². The number of morpholine rings is 1. The molecule has 1 aromatic rings. The smallest absolute Gasteiger partial charge is 0.375 e.